The number of aliphatic carboxylic acids is 1. The zero-order chi connectivity index (χ0) is 10.7. The second-order valence-corrected chi connectivity index (χ2v) is 3.88. The molecule has 0 saturated carbocycles. The monoisotopic (exact) mass is 216 g/mol. The SMILES string of the molecule is CC(C)c1oc(CCC(=O)O)cc1Cl. The largest absolute Gasteiger partial charge is 0.481 e. The van der Waals surface area contributed by atoms with Gasteiger partial charge in [-0.2, -0.15) is 0 Å². The van der Waals surface area contributed by atoms with Crippen LogP contribution in [0.15, 0.2) is 10.5 Å². The molecule has 4 heteroatoms. The molecule has 0 atom stereocenters. The van der Waals surface area contributed by atoms with E-state index >= 15 is 0 Å². The van der Waals surface area contributed by atoms with Gasteiger partial charge in [0.1, 0.15) is 11.5 Å². The number of carbonyl (C=O) groups is 1. The Labute approximate surface area is 87.7 Å². The van der Waals surface area contributed by atoms with Gasteiger partial charge in [-0.05, 0) is 6.07 Å². The lowest BCUT2D eigenvalue weighted by molar-refractivity contribution is -0.137. The van der Waals surface area contributed by atoms with E-state index in [9.17, 15) is 4.79 Å². The fourth-order valence-corrected chi connectivity index (χ4v) is 1.56. The molecule has 0 fully saturated rings. The van der Waals surface area contributed by atoms with Gasteiger partial charge in [0.25, 0.3) is 0 Å². The van der Waals surface area contributed by atoms with Crippen molar-refractivity contribution < 1.29 is 14.3 Å². The minimum Gasteiger partial charge on any atom is -0.481 e. The minimum atomic E-state index is -0.830. The molecule has 0 amide bonds. The first-order chi connectivity index (χ1) is 6.50. The van der Waals surface area contributed by atoms with Gasteiger partial charge in [0, 0.05) is 12.3 Å². The third kappa shape index (κ3) is 2.77. The van der Waals surface area contributed by atoms with Gasteiger partial charge in [-0.25, -0.2) is 0 Å². The molecule has 14 heavy (non-hydrogen) atoms. The highest BCUT2D eigenvalue weighted by Gasteiger charge is 2.13. The first kappa shape index (κ1) is 11.1. The fraction of sp³-hybridized carbons (Fsp3) is 0.500. The molecule has 0 radical (unpaired) electrons. The Kier molecular flexibility index (Phi) is 3.58. The molecule has 1 heterocycles. The molecule has 0 saturated heterocycles. The number of hydrogen-bond donors (Lipinski definition) is 1. The van der Waals surface area contributed by atoms with Gasteiger partial charge in [-0.15, -0.1) is 0 Å². The Morgan fingerprint density at radius 3 is 2.71 bits per heavy atom. The van der Waals surface area contributed by atoms with Crippen molar-refractivity contribution in [2.45, 2.75) is 32.6 Å². The van der Waals surface area contributed by atoms with Crippen molar-refractivity contribution in [3.05, 3.63) is 22.6 Å². The number of rotatable bonds is 4. The molecule has 0 aliphatic heterocycles. The summed E-state index contributed by atoms with van der Waals surface area (Å²) in [6.45, 7) is 3.96. The van der Waals surface area contributed by atoms with E-state index in [1.807, 2.05) is 13.8 Å². The van der Waals surface area contributed by atoms with E-state index in [1.165, 1.54) is 0 Å². The maximum atomic E-state index is 10.3. The average Bonchev–Trinajstić information content (AvgIpc) is 2.43. The molecule has 0 unspecified atom stereocenters. The summed E-state index contributed by atoms with van der Waals surface area (Å²) in [4.78, 5) is 10.3. The quantitative estimate of drug-likeness (QED) is 0.842. The van der Waals surface area contributed by atoms with Crippen molar-refractivity contribution in [2.75, 3.05) is 0 Å². The molecule has 1 N–H and O–H groups in total. The second-order valence-electron chi connectivity index (χ2n) is 3.47. The van der Waals surface area contributed by atoms with Gasteiger partial charge in [-0.3, -0.25) is 4.79 Å². The van der Waals surface area contributed by atoms with Gasteiger partial charge < -0.3 is 9.52 Å². The third-order valence-corrected chi connectivity index (χ3v) is 2.17. The Morgan fingerprint density at radius 2 is 2.29 bits per heavy atom. The smallest absolute Gasteiger partial charge is 0.303 e. The predicted molar refractivity (Wildman–Crippen MR) is 53.8 cm³/mol. The average molecular weight is 217 g/mol. The van der Waals surface area contributed by atoms with Gasteiger partial charge in [0.15, 0.2) is 0 Å². The molecule has 1 rings (SSSR count). The summed E-state index contributed by atoms with van der Waals surface area (Å²) in [5, 5.41) is 9.07. The van der Waals surface area contributed by atoms with Crippen molar-refractivity contribution in [1.82, 2.24) is 0 Å². The molecule has 1 aromatic heterocycles. The van der Waals surface area contributed by atoms with Crippen LogP contribution >= 0.6 is 11.6 Å². The lowest BCUT2D eigenvalue weighted by Gasteiger charge is -1.99. The summed E-state index contributed by atoms with van der Waals surface area (Å²) >= 11 is 5.91. The number of carboxylic acid groups (broad SMARTS) is 1. The van der Waals surface area contributed by atoms with Crippen LogP contribution in [0.3, 0.4) is 0 Å². The molecule has 0 bridgehead atoms. The highest BCUT2D eigenvalue weighted by atomic mass is 35.5. The van der Waals surface area contributed by atoms with Crippen LogP contribution in [-0.2, 0) is 11.2 Å². The normalized spacial score (nSPS) is 10.9. The summed E-state index contributed by atoms with van der Waals surface area (Å²) in [6.07, 6.45) is 0.461. The van der Waals surface area contributed by atoms with Crippen LogP contribution in [0.25, 0.3) is 0 Å². The topological polar surface area (TPSA) is 50.4 Å². The van der Waals surface area contributed by atoms with E-state index in [0.717, 1.165) is 5.76 Å². The van der Waals surface area contributed by atoms with Gasteiger partial charge in [0.05, 0.1) is 11.4 Å². The van der Waals surface area contributed by atoms with Gasteiger partial charge >= 0.3 is 5.97 Å². The highest BCUT2D eigenvalue weighted by molar-refractivity contribution is 6.31. The molecule has 78 valence electrons. The standard InChI is InChI=1S/C10H13ClO3/c1-6(2)10-8(11)5-7(14-10)3-4-9(12)13/h5-6H,3-4H2,1-2H3,(H,12,13). The Hall–Kier alpha value is -0.960. The van der Waals surface area contributed by atoms with E-state index < -0.39 is 5.97 Å². The van der Waals surface area contributed by atoms with Crippen LogP contribution < -0.4 is 0 Å². The first-order valence-corrected chi connectivity index (χ1v) is 4.88. The van der Waals surface area contributed by atoms with Crippen LogP contribution in [0.4, 0.5) is 0 Å². The van der Waals surface area contributed by atoms with Crippen LogP contribution in [-0.4, -0.2) is 11.1 Å². The number of furan rings is 1. The van der Waals surface area contributed by atoms with Crippen molar-refractivity contribution in [1.29, 1.82) is 0 Å². The zero-order valence-corrected chi connectivity index (χ0v) is 8.97. The summed E-state index contributed by atoms with van der Waals surface area (Å²) in [5.74, 6) is 0.762. The molecule has 3 nitrogen and oxygen atoms in total. The van der Waals surface area contributed by atoms with Gasteiger partial charge in [0.2, 0.25) is 0 Å². The van der Waals surface area contributed by atoms with E-state index in [-0.39, 0.29) is 12.3 Å². The maximum Gasteiger partial charge on any atom is 0.303 e. The van der Waals surface area contributed by atoms with Crippen molar-refractivity contribution in [3.63, 3.8) is 0 Å². The fourth-order valence-electron chi connectivity index (χ4n) is 1.18. The molecule has 0 aliphatic carbocycles. The number of hydrogen-bond acceptors (Lipinski definition) is 2. The van der Waals surface area contributed by atoms with Crippen LogP contribution in [0, 0.1) is 0 Å². The zero-order valence-electron chi connectivity index (χ0n) is 8.21. The first-order valence-electron chi connectivity index (χ1n) is 4.50. The number of carboxylic acids is 1. The summed E-state index contributed by atoms with van der Waals surface area (Å²) in [5.41, 5.74) is 0. The Balaban J connectivity index is 2.71. The highest BCUT2D eigenvalue weighted by Crippen LogP contribution is 2.28. The molecular weight excluding hydrogens is 204 g/mol. The predicted octanol–water partition coefficient (Wildman–Crippen LogP) is 3.07. The number of halogens is 1. The lowest BCUT2D eigenvalue weighted by atomic mass is 10.2. The molecule has 1 aromatic rings. The minimum absolute atomic E-state index is 0.0708. The number of aryl methyl sites for hydroxylation is 1. The molecule has 0 aliphatic rings. The van der Waals surface area contributed by atoms with Crippen LogP contribution in [0.2, 0.25) is 5.02 Å². The molecule has 0 spiro atoms. The summed E-state index contributed by atoms with van der Waals surface area (Å²) in [7, 11) is 0. The van der Waals surface area contributed by atoms with E-state index in [2.05, 4.69) is 0 Å². The lowest BCUT2D eigenvalue weighted by Crippen LogP contribution is -1.96. The second kappa shape index (κ2) is 4.51. The van der Waals surface area contributed by atoms with Gasteiger partial charge in [-0.1, -0.05) is 25.4 Å². The van der Waals surface area contributed by atoms with Crippen LogP contribution in [0.1, 0.15) is 37.7 Å². The molecule has 0 aromatic carbocycles. The van der Waals surface area contributed by atoms with Crippen molar-refractivity contribution in [2.24, 2.45) is 0 Å². The van der Waals surface area contributed by atoms with Crippen molar-refractivity contribution in [3.8, 4) is 0 Å². The van der Waals surface area contributed by atoms with Crippen molar-refractivity contribution >= 4 is 17.6 Å². The van der Waals surface area contributed by atoms with E-state index in [0.29, 0.717) is 17.2 Å². The molecular formula is C10H13ClO3. The van der Waals surface area contributed by atoms with Crippen LogP contribution in [0.5, 0.6) is 0 Å². The van der Waals surface area contributed by atoms with E-state index in [4.69, 9.17) is 21.1 Å². The Bertz CT molecular complexity index is 328. The summed E-state index contributed by atoms with van der Waals surface area (Å²) < 4.78 is 5.43. The Morgan fingerprint density at radius 1 is 1.64 bits per heavy atom. The van der Waals surface area contributed by atoms with E-state index in [1.54, 1.807) is 6.07 Å². The summed E-state index contributed by atoms with van der Waals surface area (Å²) in [6, 6.07) is 1.69. The third-order valence-electron chi connectivity index (χ3n) is 1.87. The maximum absolute atomic E-state index is 10.3.